The lowest BCUT2D eigenvalue weighted by Gasteiger charge is -2.38. The van der Waals surface area contributed by atoms with Crippen LogP contribution in [-0.2, 0) is 4.79 Å². The molecule has 2 aliphatic rings. The van der Waals surface area contributed by atoms with Gasteiger partial charge < -0.3 is 20.5 Å². The number of ether oxygens (including phenoxy) is 1. The highest BCUT2D eigenvalue weighted by atomic mass is 16.5. The van der Waals surface area contributed by atoms with E-state index in [1.54, 1.807) is 23.1 Å². The number of nitrogens with zero attached hydrogens (tertiary/aromatic N) is 1. The van der Waals surface area contributed by atoms with Gasteiger partial charge in [-0.25, -0.2) is 0 Å². The Morgan fingerprint density at radius 2 is 2.09 bits per heavy atom. The molecule has 23 heavy (non-hydrogen) atoms. The van der Waals surface area contributed by atoms with Crippen LogP contribution in [0.1, 0.15) is 42.5 Å². The molecule has 1 unspecified atom stereocenters. The number of para-hydroxylation sites is 1. The first-order valence-corrected chi connectivity index (χ1v) is 8.02. The number of benzene rings is 1. The number of piperidine rings is 1. The third kappa shape index (κ3) is 3.82. The lowest BCUT2D eigenvalue weighted by atomic mass is 9.89. The molecule has 3 rings (SSSR count). The van der Waals surface area contributed by atoms with Crippen molar-refractivity contribution < 1.29 is 19.4 Å². The van der Waals surface area contributed by atoms with Crippen molar-refractivity contribution in [1.82, 2.24) is 4.90 Å². The Morgan fingerprint density at radius 3 is 2.78 bits per heavy atom. The van der Waals surface area contributed by atoms with E-state index in [1.165, 1.54) is 0 Å². The molecule has 1 atom stereocenters. The van der Waals surface area contributed by atoms with Crippen molar-refractivity contribution in [3.63, 3.8) is 0 Å². The highest BCUT2D eigenvalue weighted by molar-refractivity contribution is 5.97. The van der Waals surface area contributed by atoms with Gasteiger partial charge in [0.1, 0.15) is 5.75 Å². The van der Waals surface area contributed by atoms with Crippen LogP contribution < -0.4 is 10.5 Å². The molecule has 0 spiro atoms. The summed E-state index contributed by atoms with van der Waals surface area (Å²) in [4.78, 5) is 25.5. The molecule has 6 heteroatoms. The van der Waals surface area contributed by atoms with Crippen LogP contribution in [0.3, 0.4) is 0 Å². The maximum atomic E-state index is 12.8. The molecule has 1 saturated carbocycles. The molecule has 1 aliphatic carbocycles. The van der Waals surface area contributed by atoms with Gasteiger partial charge in [-0.1, -0.05) is 12.1 Å². The summed E-state index contributed by atoms with van der Waals surface area (Å²) in [6, 6.07) is 7.17. The first kappa shape index (κ1) is 15.8. The average molecular weight is 318 g/mol. The quantitative estimate of drug-likeness (QED) is 0.849. The Kier molecular flexibility index (Phi) is 4.26. The van der Waals surface area contributed by atoms with E-state index < -0.39 is 11.5 Å². The van der Waals surface area contributed by atoms with Gasteiger partial charge in [-0.05, 0) is 37.8 Å². The van der Waals surface area contributed by atoms with Crippen LogP contribution in [0.4, 0.5) is 0 Å². The van der Waals surface area contributed by atoms with E-state index in [4.69, 9.17) is 10.5 Å². The van der Waals surface area contributed by atoms with Crippen LogP contribution in [0.15, 0.2) is 24.3 Å². The number of carbonyl (C=O) groups is 2. The fourth-order valence-electron chi connectivity index (χ4n) is 3.04. The Bertz CT molecular complexity index is 614. The van der Waals surface area contributed by atoms with Crippen LogP contribution in [0.5, 0.6) is 5.75 Å². The molecule has 2 fully saturated rings. The van der Waals surface area contributed by atoms with Gasteiger partial charge >= 0.3 is 0 Å². The molecule has 1 aromatic carbocycles. The molecule has 1 aliphatic heterocycles. The number of likely N-dealkylation sites (tertiary alicyclic amines) is 1. The van der Waals surface area contributed by atoms with Crippen molar-refractivity contribution in [2.75, 3.05) is 13.1 Å². The number of rotatable bonds is 5. The second kappa shape index (κ2) is 6.20. The van der Waals surface area contributed by atoms with Gasteiger partial charge in [-0.15, -0.1) is 0 Å². The van der Waals surface area contributed by atoms with E-state index in [0.717, 1.165) is 12.8 Å². The third-order valence-electron chi connectivity index (χ3n) is 4.28. The van der Waals surface area contributed by atoms with Gasteiger partial charge in [0, 0.05) is 6.54 Å². The van der Waals surface area contributed by atoms with Crippen molar-refractivity contribution in [1.29, 1.82) is 0 Å². The molecule has 1 aromatic rings. The van der Waals surface area contributed by atoms with Crippen LogP contribution in [0.2, 0.25) is 0 Å². The van der Waals surface area contributed by atoms with Crippen molar-refractivity contribution in [2.45, 2.75) is 43.8 Å². The maximum absolute atomic E-state index is 12.8. The number of primary amides is 1. The summed E-state index contributed by atoms with van der Waals surface area (Å²) >= 11 is 0. The highest BCUT2D eigenvalue weighted by Gasteiger charge is 2.37. The summed E-state index contributed by atoms with van der Waals surface area (Å²) in [5.41, 5.74) is 4.48. The van der Waals surface area contributed by atoms with E-state index >= 15 is 0 Å². The Labute approximate surface area is 135 Å². The molecule has 124 valence electrons. The molecule has 6 nitrogen and oxygen atoms in total. The van der Waals surface area contributed by atoms with Crippen molar-refractivity contribution in [2.24, 2.45) is 5.73 Å². The van der Waals surface area contributed by atoms with E-state index in [2.05, 4.69) is 0 Å². The van der Waals surface area contributed by atoms with Crippen LogP contribution in [0.25, 0.3) is 0 Å². The van der Waals surface area contributed by atoms with E-state index in [0.29, 0.717) is 30.7 Å². The number of hydrogen-bond donors (Lipinski definition) is 2. The third-order valence-corrected chi connectivity index (χ3v) is 4.28. The Hall–Kier alpha value is -2.08. The van der Waals surface area contributed by atoms with E-state index in [9.17, 15) is 14.7 Å². The fraction of sp³-hybridized carbons (Fsp3) is 0.529. The molecular weight excluding hydrogens is 296 g/mol. The average Bonchev–Trinajstić information content (AvgIpc) is 3.30. The minimum Gasteiger partial charge on any atom is -0.490 e. The number of β-amino-alcohol motifs (C(OH)–C–C–N with tert-alkyl or cyclic N) is 1. The van der Waals surface area contributed by atoms with Crippen molar-refractivity contribution >= 4 is 11.8 Å². The monoisotopic (exact) mass is 318 g/mol. The second-order valence-electron chi connectivity index (χ2n) is 6.51. The van der Waals surface area contributed by atoms with Gasteiger partial charge in [0.25, 0.3) is 5.91 Å². The number of aliphatic hydroxyl groups is 1. The summed E-state index contributed by atoms with van der Waals surface area (Å²) in [7, 11) is 0. The SMILES string of the molecule is NC(=O)CC1(O)CCCN(C(=O)c2ccccc2OC2CC2)C1. The first-order chi connectivity index (χ1) is 11.0. The Balaban J connectivity index is 1.76. The summed E-state index contributed by atoms with van der Waals surface area (Å²) in [5, 5.41) is 10.5. The van der Waals surface area contributed by atoms with Gasteiger partial charge in [0.2, 0.25) is 5.91 Å². The summed E-state index contributed by atoms with van der Waals surface area (Å²) < 4.78 is 5.80. The lowest BCUT2D eigenvalue weighted by molar-refractivity contribution is -0.125. The molecule has 0 aromatic heterocycles. The summed E-state index contributed by atoms with van der Waals surface area (Å²) in [6.07, 6.45) is 3.23. The van der Waals surface area contributed by atoms with E-state index in [1.807, 2.05) is 6.07 Å². The van der Waals surface area contributed by atoms with Crippen molar-refractivity contribution in [3.05, 3.63) is 29.8 Å². The van der Waals surface area contributed by atoms with Crippen LogP contribution in [-0.4, -0.2) is 46.6 Å². The number of nitrogens with two attached hydrogens (primary N) is 1. The zero-order chi connectivity index (χ0) is 16.4. The normalized spacial score (nSPS) is 24.3. The number of amides is 2. The number of hydrogen-bond acceptors (Lipinski definition) is 4. The Morgan fingerprint density at radius 1 is 1.35 bits per heavy atom. The highest BCUT2D eigenvalue weighted by Crippen LogP contribution is 2.31. The van der Waals surface area contributed by atoms with Gasteiger partial charge in [-0.2, -0.15) is 0 Å². The van der Waals surface area contributed by atoms with Crippen molar-refractivity contribution in [3.8, 4) is 5.75 Å². The van der Waals surface area contributed by atoms with Gasteiger partial charge in [-0.3, -0.25) is 9.59 Å². The van der Waals surface area contributed by atoms with Crippen LogP contribution >= 0.6 is 0 Å². The zero-order valence-corrected chi connectivity index (χ0v) is 13.0. The fourth-order valence-corrected chi connectivity index (χ4v) is 3.04. The maximum Gasteiger partial charge on any atom is 0.257 e. The summed E-state index contributed by atoms with van der Waals surface area (Å²) in [6.45, 7) is 0.671. The smallest absolute Gasteiger partial charge is 0.257 e. The zero-order valence-electron chi connectivity index (χ0n) is 13.0. The minimum atomic E-state index is -1.23. The molecule has 0 radical (unpaired) electrons. The molecule has 3 N–H and O–H groups in total. The second-order valence-corrected chi connectivity index (χ2v) is 6.51. The van der Waals surface area contributed by atoms with Gasteiger partial charge in [0.05, 0.1) is 30.2 Å². The molecule has 1 heterocycles. The molecule has 1 saturated heterocycles. The molecular formula is C17H22N2O4. The van der Waals surface area contributed by atoms with Gasteiger partial charge in [0.15, 0.2) is 0 Å². The molecule has 0 bridgehead atoms. The van der Waals surface area contributed by atoms with Crippen LogP contribution in [0, 0.1) is 0 Å². The van der Waals surface area contributed by atoms with E-state index in [-0.39, 0.29) is 25.0 Å². The number of carbonyl (C=O) groups excluding carboxylic acids is 2. The predicted octanol–water partition coefficient (Wildman–Crippen LogP) is 1.07. The first-order valence-electron chi connectivity index (χ1n) is 8.02. The summed E-state index contributed by atoms with van der Waals surface area (Å²) in [5.74, 6) is -0.146. The largest absolute Gasteiger partial charge is 0.490 e. The molecule has 2 amide bonds. The topological polar surface area (TPSA) is 92.9 Å². The standard InChI is InChI=1S/C17H22N2O4/c18-15(20)10-17(22)8-3-9-19(11-17)16(21)13-4-1-2-5-14(13)23-12-6-7-12/h1-2,4-5,12,22H,3,6-11H2,(H2,18,20). The lowest BCUT2D eigenvalue weighted by Crippen LogP contribution is -2.51. The predicted molar refractivity (Wildman–Crippen MR) is 84.0 cm³/mol. The minimum absolute atomic E-state index is 0.118.